The number of alkyl carbamates (subject to hydrolysis) is 1. The summed E-state index contributed by atoms with van der Waals surface area (Å²) in [6.07, 6.45) is 1.23. The third-order valence-electron chi connectivity index (χ3n) is 2.58. The molecule has 0 radical (unpaired) electrons. The zero-order valence-corrected chi connectivity index (χ0v) is 11.9. The van der Waals surface area contributed by atoms with E-state index in [-0.39, 0.29) is 30.2 Å². The van der Waals surface area contributed by atoms with Crippen molar-refractivity contribution < 1.29 is 24.5 Å². The maximum Gasteiger partial charge on any atom is 0.407 e. The monoisotopic (exact) mass is 296 g/mol. The Balaban J connectivity index is 2.26. The van der Waals surface area contributed by atoms with Crippen LogP contribution >= 0.6 is 0 Å². The molecule has 0 saturated heterocycles. The lowest BCUT2D eigenvalue weighted by molar-refractivity contribution is 0.0951. The Hall–Kier alpha value is -2.44. The number of ether oxygens (including phenoxy) is 1. The molecule has 0 aromatic heterocycles. The largest absolute Gasteiger partial charge is 0.508 e. The minimum Gasteiger partial charge on any atom is -0.508 e. The zero-order chi connectivity index (χ0) is 15.7. The Morgan fingerprint density at radius 2 is 1.71 bits per heavy atom. The van der Waals surface area contributed by atoms with Crippen molar-refractivity contribution >= 4 is 12.0 Å². The fourth-order valence-electron chi connectivity index (χ4n) is 1.53. The highest BCUT2D eigenvalue weighted by Gasteiger charge is 2.08. The van der Waals surface area contributed by atoms with Crippen LogP contribution in [0.25, 0.3) is 0 Å². The number of rotatable bonds is 7. The van der Waals surface area contributed by atoms with Crippen molar-refractivity contribution in [3.63, 3.8) is 0 Å². The molecule has 21 heavy (non-hydrogen) atoms. The van der Waals surface area contributed by atoms with Crippen molar-refractivity contribution in [3.05, 3.63) is 23.8 Å². The van der Waals surface area contributed by atoms with Crippen molar-refractivity contribution in [2.45, 2.75) is 19.8 Å². The molecule has 1 aromatic rings. The predicted octanol–water partition coefficient (Wildman–Crippen LogP) is 1.35. The van der Waals surface area contributed by atoms with Crippen LogP contribution in [0.5, 0.6) is 11.5 Å². The molecule has 7 heteroatoms. The fourth-order valence-corrected chi connectivity index (χ4v) is 1.53. The maximum atomic E-state index is 11.7. The molecule has 0 aliphatic carbocycles. The Bertz CT molecular complexity index is 470. The summed E-state index contributed by atoms with van der Waals surface area (Å²) in [4.78, 5) is 22.9. The maximum absolute atomic E-state index is 11.7. The first-order valence-corrected chi connectivity index (χ1v) is 6.74. The quantitative estimate of drug-likeness (QED) is 0.568. The van der Waals surface area contributed by atoms with Gasteiger partial charge in [-0.15, -0.1) is 0 Å². The molecule has 116 valence electrons. The average Bonchev–Trinajstić information content (AvgIpc) is 2.42. The topological polar surface area (TPSA) is 108 Å². The Labute approximate surface area is 122 Å². The number of carbonyl (C=O) groups excluding carboxylic acids is 2. The summed E-state index contributed by atoms with van der Waals surface area (Å²) in [5.41, 5.74) is 0.137. The third-order valence-corrected chi connectivity index (χ3v) is 2.58. The molecular formula is C14H20N2O5. The molecule has 0 atom stereocenters. The average molecular weight is 296 g/mol. The molecule has 0 bridgehead atoms. The number of carbonyl (C=O) groups is 2. The van der Waals surface area contributed by atoms with E-state index in [9.17, 15) is 19.8 Å². The SMILES string of the molecule is CCCCOC(=O)NCCNC(=O)c1cc(O)cc(O)c1. The third kappa shape index (κ3) is 6.51. The van der Waals surface area contributed by atoms with Gasteiger partial charge in [0.25, 0.3) is 5.91 Å². The summed E-state index contributed by atoms with van der Waals surface area (Å²) in [6, 6.07) is 3.60. The summed E-state index contributed by atoms with van der Waals surface area (Å²) in [5.74, 6) is -0.849. The number of hydrogen-bond donors (Lipinski definition) is 4. The van der Waals surface area contributed by atoms with E-state index in [4.69, 9.17) is 4.74 Å². The Morgan fingerprint density at radius 3 is 2.33 bits per heavy atom. The van der Waals surface area contributed by atoms with Crippen LogP contribution in [0.15, 0.2) is 18.2 Å². The summed E-state index contributed by atoms with van der Waals surface area (Å²) in [7, 11) is 0. The van der Waals surface area contributed by atoms with E-state index in [1.54, 1.807) is 0 Å². The van der Waals surface area contributed by atoms with Gasteiger partial charge in [-0.3, -0.25) is 4.79 Å². The first-order valence-electron chi connectivity index (χ1n) is 6.74. The number of benzene rings is 1. The second-order valence-corrected chi connectivity index (χ2v) is 4.41. The normalized spacial score (nSPS) is 9.95. The van der Waals surface area contributed by atoms with Gasteiger partial charge < -0.3 is 25.6 Å². The van der Waals surface area contributed by atoms with Gasteiger partial charge in [-0.05, 0) is 18.6 Å². The van der Waals surface area contributed by atoms with Gasteiger partial charge in [0.15, 0.2) is 0 Å². The van der Waals surface area contributed by atoms with Gasteiger partial charge in [0, 0.05) is 24.7 Å². The van der Waals surface area contributed by atoms with Crippen LogP contribution in [-0.2, 0) is 4.74 Å². The lowest BCUT2D eigenvalue weighted by Crippen LogP contribution is -2.35. The van der Waals surface area contributed by atoms with Crippen molar-refractivity contribution in [1.29, 1.82) is 0 Å². The summed E-state index contributed by atoms with van der Waals surface area (Å²) in [6.45, 7) is 2.80. The molecule has 0 fully saturated rings. The molecule has 0 heterocycles. The lowest BCUT2D eigenvalue weighted by atomic mass is 10.2. The summed E-state index contributed by atoms with van der Waals surface area (Å²) >= 11 is 0. The molecule has 7 nitrogen and oxygen atoms in total. The molecular weight excluding hydrogens is 276 g/mol. The number of aromatic hydroxyl groups is 2. The number of phenols is 2. The molecule has 0 spiro atoms. The van der Waals surface area contributed by atoms with E-state index in [0.717, 1.165) is 18.9 Å². The van der Waals surface area contributed by atoms with Crippen LogP contribution in [0.2, 0.25) is 0 Å². The fraction of sp³-hybridized carbons (Fsp3) is 0.429. The highest BCUT2D eigenvalue weighted by molar-refractivity contribution is 5.95. The van der Waals surface area contributed by atoms with Gasteiger partial charge in [0.1, 0.15) is 11.5 Å². The molecule has 0 aliphatic rings. The number of phenolic OH excluding ortho intramolecular Hbond substituents is 2. The number of nitrogens with one attached hydrogen (secondary N) is 2. The van der Waals surface area contributed by atoms with Crippen LogP contribution in [0, 0.1) is 0 Å². The molecule has 0 unspecified atom stereocenters. The molecule has 0 saturated carbocycles. The van der Waals surface area contributed by atoms with Crippen LogP contribution in [0.3, 0.4) is 0 Å². The summed E-state index contributed by atoms with van der Waals surface area (Å²) < 4.78 is 4.88. The predicted molar refractivity (Wildman–Crippen MR) is 76.4 cm³/mol. The minimum atomic E-state index is -0.521. The van der Waals surface area contributed by atoms with Gasteiger partial charge in [0.05, 0.1) is 6.61 Å². The highest BCUT2D eigenvalue weighted by Crippen LogP contribution is 2.20. The van der Waals surface area contributed by atoms with E-state index in [0.29, 0.717) is 6.61 Å². The first kappa shape index (κ1) is 16.6. The zero-order valence-electron chi connectivity index (χ0n) is 11.9. The molecule has 1 aromatic carbocycles. The second-order valence-electron chi connectivity index (χ2n) is 4.41. The lowest BCUT2D eigenvalue weighted by Gasteiger charge is -2.08. The van der Waals surface area contributed by atoms with Gasteiger partial charge in [0.2, 0.25) is 0 Å². The molecule has 4 N–H and O–H groups in total. The number of hydrogen-bond acceptors (Lipinski definition) is 5. The number of amides is 2. The van der Waals surface area contributed by atoms with Crippen LogP contribution in [0.4, 0.5) is 4.79 Å². The van der Waals surface area contributed by atoms with E-state index in [2.05, 4.69) is 10.6 Å². The van der Waals surface area contributed by atoms with Crippen molar-refractivity contribution in [2.24, 2.45) is 0 Å². The van der Waals surface area contributed by atoms with Crippen molar-refractivity contribution in [1.82, 2.24) is 10.6 Å². The van der Waals surface area contributed by atoms with Gasteiger partial charge in [-0.1, -0.05) is 13.3 Å². The van der Waals surface area contributed by atoms with Crippen LogP contribution in [0.1, 0.15) is 30.1 Å². The molecule has 1 rings (SSSR count). The Kier molecular flexibility index (Phi) is 6.86. The standard InChI is InChI=1S/C14H20N2O5/c1-2-3-6-21-14(20)16-5-4-15-13(19)10-7-11(17)9-12(18)8-10/h7-9,17-18H,2-6H2,1H3,(H,15,19)(H,16,20). The molecule has 2 amide bonds. The Morgan fingerprint density at radius 1 is 1.10 bits per heavy atom. The molecule has 0 aliphatic heterocycles. The van der Waals surface area contributed by atoms with E-state index >= 15 is 0 Å². The van der Waals surface area contributed by atoms with Gasteiger partial charge in [-0.2, -0.15) is 0 Å². The van der Waals surface area contributed by atoms with E-state index in [1.165, 1.54) is 12.1 Å². The second kappa shape index (κ2) is 8.68. The van der Waals surface area contributed by atoms with Gasteiger partial charge in [-0.25, -0.2) is 4.79 Å². The summed E-state index contributed by atoms with van der Waals surface area (Å²) in [5, 5.41) is 23.6. The van der Waals surface area contributed by atoms with Gasteiger partial charge >= 0.3 is 6.09 Å². The van der Waals surface area contributed by atoms with Crippen molar-refractivity contribution in [2.75, 3.05) is 19.7 Å². The first-order chi connectivity index (χ1) is 10.0. The minimum absolute atomic E-state index is 0.137. The smallest absolute Gasteiger partial charge is 0.407 e. The van der Waals surface area contributed by atoms with Crippen molar-refractivity contribution in [3.8, 4) is 11.5 Å². The highest BCUT2D eigenvalue weighted by atomic mass is 16.5. The number of unbranched alkanes of at least 4 members (excludes halogenated alkanes) is 1. The van der Waals surface area contributed by atoms with E-state index in [1.807, 2.05) is 6.92 Å². The van der Waals surface area contributed by atoms with Crippen LogP contribution < -0.4 is 10.6 Å². The van der Waals surface area contributed by atoms with Crippen LogP contribution in [-0.4, -0.2) is 41.9 Å². The van der Waals surface area contributed by atoms with E-state index < -0.39 is 12.0 Å².